The molecule has 2 rings (SSSR count). The minimum atomic E-state index is -0.366. The zero-order chi connectivity index (χ0) is 17.4. The van der Waals surface area contributed by atoms with E-state index in [1.165, 1.54) is 0 Å². The van der Waals surface area contributed by atoms with Crippen LogP contribution in [0.25, 0.3) is 6.08 Å². The maximum absolute atomic E-state index is 12.3. The van der Waals surface area contributed by atoms with Crippen molar-refractivity contribution in [2.75, 3.05) is 0 Å². The van der Waals surface area contributed by atoms with Crippen LogP contribution in [0.3, 0.4) is 0 Å². The first-order valence-corrected chi connectivity index (χ1v) is 7.81. The Balaban J connectivity index is 2.11. The van der Waals surface area contributed by atoms with E-state index in [4.69, 9.17) is 0 Å². The first-order valence-electron chi connectivity index (χ1n) is 7.81. The van der Waals surface area contributed by atoms with Crippen LogP contribution in [0.4, 0.5) is 0 Å². The standard InChI is InChI=1S/C21H20N2O/c1-16(13-18-9-5-3-6-10-18)14-20(15-22)21(24)23-17(2)19-11-7-4-8-12-19/h3-14,17H,1-2H3,(H,23,24)/b16-13+,20-14+/t17-/m0/s1. The zero-order valence-electron chi connectivity index (χ0n) is 13.9. The molecule has 0 radical (unpaired) electrons. The lowest BCUT2D eigenvalue weighted by Gasteiger charge is -2.13. The van der Waals surface area contributed by atoms with Crippen LogP contribution in [0, 0.1) is 11.3 Å². The van der Waals surface area contributed by atoms with Crippen molar-refractivity contribution in [3.63, 3.8) is 0 Å². The molecule has 0 fully saturated rings. The fourth-order valence-electron chi connectivity index (χ4n) is 2.33. The van der Waals surface area contributed by atoms with Crippen LogP contribution in [-0.2, 0) is 4.79 Å². The number of carbonyl (C=O) groups excluding carboxylic acids is 1. The van der Waals surface area contributed by atoms with Crippen molar-refractivity contribution in [2.45, 2.75) is 19.9 Å². The molecule has 0 aromatic heterocycles. The molecule has 0 heterocycles. The highest BCUT2D eigenvalue weighted by Gasteiger charge is 2.13. The van der Waals surface area contributed by atoms with Gasteiger partial charge in [0.05, 0.1) is 6.04 Å². The van der Waals surface area contributed by atoms with E-state index in [1.807, 2.05) is 86.7 Å². The Kier molecular flexibility index (Phi) is 6.10. The fourth-order valence-corrected chi connectivity index (χ4v) is 2.33. The van der Waals surface area contributed by atoms with Crippen molar-refractivity contribution in [1.29, 1.82) is 5.26 Å². The second-order valence-electron chi connectivity index (χ2n) is 5.57. The molecule has 3 nitrogen and oxygen atoms in total. The van der Waals surface area contributed by atoms with Gasteiger partial charge in [0.15, 0.2) is 0 Å². The SMILES string of the molecule is CC(=C\c1ccccc1)/C=C(\C#N)C(=O)N[C@@H](C)c1ccccc1. The van der Waals surface area contributed by atoms with Gasteiger partial charge in [0.25, 0.3) is 5.91 Å². The summed E-state index contributed by atoms with van der Waals surface area (Å²) in [5, 5.41) is 12.1. The summed E-state index contributed by atoms with van der Waals surface area (Å²) in [6.45, 7) is 3.77. The molecule has 0 bridgehead atoms. The van der Waals surface area contributed by atoms with Crippen LogP contribution in [0.15, 0.2) is 77.9 Å². The predicted molar refractivity (Wildman–Crippen MR) is 96.8 cm³/mol. The number of benzene rings is 2. The number of hydrogen-bond acceptors (Lipinski definition) is 2. The van der Waals surface area contributed by atoms with Gasteiger partial charge in [0.1, 0.15) is 11.6 Å². The van der Waals surface area contributed by atoms with Gasteiger partial charge in [-0.05, 0) is 36.6 Å². The highest BCUT2D eigenvalue weighted by atomic mass is 16.1. The van der Waals surface area contributed by atoms with Crippen LogP contribution in [-0.4, -0.2) is 5.91 Å². The lowest BCUT2D eigenvalue weighted by Crippen LogP contribution is -2.27. The van der Waals surface area contributed by atoms with Crippen LogP contribution >= 0.6 is 0 Å². The summed E-state index contributed by atoms with van der Waals surface area (Å²) in [7, 11) is 0. The lowest BCUT2D eigenvalue weighted by molar-refractivity contribution is -0.117. The quantitative estimate of drug-likeness (QED) is 0.504. The Bertz CT molecular complexity index is 784. The smallest absolute Gasteiger partial charge is 0.262 e. The number of nitriles is 1. The molecule has 0 saturated carbocycles. The molecule has 1 N–H and O–H groups in total. The molecule has 0 spiro atoms. The molecular formula is C21H20N2O. The van der Waals surface area contributed by atoms with E-state index < -0.39 is 0 Å². The number of rotatable bonds is 5. The number of nitrogens with one attached hydrogen (secondary N) is 1. The normalized spacial score (nSPS) is 13.0. The zero-order valence-corrected chi connectivity index (χ0v) is 13.9. The molecule has 0 aliphatic carbocycles. The van der Waals surface area contributed by atoms with Gasteiger partial charge in [-0.25, -0.2) is 0 Å². The first kappa shape index (κ1) is 17.2. The first-order chi connectivity index (χ1) is 11.6. The Morgan fingerprint density at radius 2 is 1.67 bits per heavy atom. The van der Waals surface area contributed by atoms with Gasteiger partial charge in [-0.15, -0.1) is 0 Å². The van der Waals surface area contributed by atoms with E-state index in [0.717, 1.165) is 16.7 Å². The summed E-state index contributed by atoms with van der Waals surface area (Å²) >= 11 is 0. The monoisotopic (exact) mass is 316 g/mol. The molecule has 120 valence electrons. The van der Waals surface area contributed by atoms with Crippen molar-refractivity contribution in [1.82, 2.24) is 5.32 Å². The Morgan fingerprint density at radius 3 is 2.25 bits per heavy atom. The molecule has 24 heavy (non-hydrogen) atoms. The maximum Gasteiger partial charge on any atom is 0.262 e. The highest BCUT2D eigenvalue weighted by Crippen LogP contribution is 2.13. The third-order valence-electron chi connectivity index (χ3n) is 3.58. The van der Waals surface area contributed by atoms with Crippen molar-refractivity contribution < 1.29 is 4.79 Å². The molecule has 0 saturated heterocycles. The molecule has 1 atom stereocenters. The maximum atomic E-state index is 12.3. The van der Waals surface area contributed by atoms with Gasteiger partial charge in [0.2, 0.25) is 0 Å². The van der Waals surface area contributed by atoms with Gasteiger partial charge in [-0.3, -0.25) is 4.79 Å². The summed E-state index contributed by atoms with van der Waals surface area (Å²) in [6, 6.07) is 21.3. The Labute approximate surface area is 142 Å². The Morgan fingerprint density at radius 1 is 1.08 bits per heavy atom. The number of nitrogens with zero attached hydrogens (tertiary/aromatic N) is 1. The molecule has 2 aromatic rings. The van der Waals surface area contributed by atoms with Gasteiger partial charge in [-0.1, -0.05) is 66.7 Å². The third kappa shape index (κ3) is 4.96. The van der Waals surface area contributed by atoms with E-state index in [1.54, 1.807) is 6.08 Å². The minimum absolute atomic E-state index is 0.0995. The van der Waals surface area contributed by atoms with Crippen LogP contribution in [0.1, 0.15) is 31.0 Å². The van der Waals surface area contributed by atoms with Crippen LogP contribution < -0.4 is 5.32 Å². The summed E-state index contributed by atoms with van der Waals surface area (Å²) in [5.41, 5.74) is 2.98. The van der Waals surface area contributed by atoms with E-state index in [-0.39, 0.29) is 17.5 Å². The summed E-state index contributed by atoms with van der Waals surface area (Å²) in [4.78, 5) is 12.3. The molecule has 3 heteroatoms. The Hall–Kier alpha value is -3.12. The fraction of sp³-hybridized carbons (Fsp3) is 0.143. The molecule has 0 aliphatic heterocycles. The van der Waals surface area contributed by atoms with Gasteiger partial charge in [-0.2, -0.15) is 5.26 Å². The molecule has 2 aromatic carbocycles. The number of allylic oxidation sites excluding steroid dienone is 2. The van der Waals surface area contributed by atoms with E-state index in [0.29, 0.717) is 0 Å². The molecule has 0 unspecified atom stereocenters. The second kappa shape index (κ2) is 8.50. The average Bonchev–Trinajstić information content (AvgIpc) is 2.61. The number of amides is 1. The van der Waals surface area contributed by atoms with Crippen molar-refractivity contribution in [3.05, 3.63) is 89.0 Å². The van der Waals surface area contributed by atoms with Crippen molar-refractivity contribution >= 4 is 12.0 Å². The molecular weight excluding hydrogens is 296 g/mol. The minimum Gasteiger partial charge on any atom is -0.345 e. The van der Waals surface area contributed by atoms with Gasteiger partial charge in [0, 0.05) is 0 Å². The van der Waals surface area contributed by atoms with E-state index >= 15 is 0 Å². The van der Waals surface area contributed by atoms with Gasteiger partial charge >= 0.3 is 0 Å². The van der Waals surface area contributed by atoms with Crippen molar-refractivity contribution in [3.8, 4) is 6.07 Å². The van der Waals surface area contributed by atoms with Crippen LogP contribution in [0.2, 0.25) is 0 Å². The predicted octanol–water partition coefficient (Wildman–Crippen LogP) is 4.42. The van der Waals surface area contributed by atoms with Crippen molar-refractivity contribution in [2.24, 2.45) is 0 Å². The van der Waals surface area contributed by atoms with Crippen LogP contribution in [0.5, 0.6) is 0 Å². The average molecular weight is 316 g/mol. The topological polar surface area (TPSA) is 52.9 Å². The highest BCUT2D eigenvalue weighted by molar-refractivity contribution is 5.98. The van der Waals surface area contributed by atoms with E-state index in [9.17, 15) is 10.1 Å². The summed E-state index contributed by atoms with van der Waals surface area (Å²) in [5.74, 6) is -0.366. The largest absolute Gasteiger partial charge is 0.345 e. The lowest BCUT2D eigenvalue weighted by atomic mass is 10.1. The van der Waals surface area contributed by atoms with Gasteiger partial charge < -0.3 is 5.32 Å². The second-order valence-corrected chi connectivity index (χ2v) is 5.57. The molecule has 1 amide bonds. The van der Waals surface area contributed by atoms with E-state index in [2.05, 4.69) is 5.32 Å². The number of hydrogen-bond donors (Lipinski definition) is 1. The summed E-state index contributed by atoms with van der Waals surface area (Å²) < 4.78 is 0. The number of carbonyl (C=O) groups is 1. The summed E-state index contributed by atoms with van der Waals surface area (Å²) in [6.07, 6.45) is 3.55. The third-order valence-corrected chi connectivity index (χ3v) is 3.58. The molecule has 0 aliphatic rings.